The van der Waals surface area contributed by atoms with E-state index < -0.39 is 18.0 Å². The molecular formula is C20H18O8. The van der Waals surface area contributed by atoms with Gasteiger partial charge in [0.1, 0.15) is 28.9 Å². The molecule has 8 heteroatoms. The number of methoxy groups -OCH3 is 1. The Bertz CT molecular complexity index is 963. The van der Waals surface area contributed by atoms with Crippen molar-refractivity contribution < 1.29 is 38.4 Å². The number of Topliss-reactive ketones (excluding diaryl/α,β-unsaturated/α-hetero) is 1. The van der Waals surface area contributed by atoms with Crippen LogP contribution in [0.15, 0.2) is 30.3 Å². The predicted molar refractivity (Wildman–Crippen MR) is 96.0 cm³/mol. The summed E-state index contributed by atoms with van der Waals surface area (Å²) in [5, 5.41) is 9.88. The number of phenols is 1. The number of ketones is 1. The van der Waals surface area contributed by atoms with Gasteiger partial charge in [0.2, 0.25) is 0 Å². The molecule has 1 aliphatic heterocycles. The van der Waals surface area contributed by atoms with E-state index in [1.807, 2.05) is 0 Å². The molecule has 28 heavy (non-hydrogen) atoms. The lowest BCUT2D eigenvalue weighted by Gasteiger charge is -2.27. The fourth-order valence-corrected chi connectivity index (χ4v) is 2.96. The number of fused-ring (bicyclic) bond motifs is 1. The minimum Gasteiger partial charge on any atom is -0.508 e. The largest absolute Gasteiger partial charge is 0.508 e. The van der Waals surface area contributed by atoms with Gasteiger partial charge in [-0.05, 0) is 17.7 Å². The fraction of sp³-hybridized carbons (Fsp3) is 0.250. The molecule has 8 nitrogen and oxygen atoms in total. The third-order valence-corrected chi connectivity index (χ3v) is 4.04. The van der Waals surface area contributed by atoms with Crippen molar-refractivity contribution in [3.05, 3.63) is 41.5 Å². The van der Waals surface area contributed by atoms with Crippen LogP contribution in [0.25, 0.3) is 0 Å². The molecule has 0 spiro atoms. The van der Waals surface area contributed by atoms with Crippen molar-refractivity contribution in [2.45, 2.75) is 26.4 Å². The zero-order chi connectivity index (χ0) is 20.4. The van der Waals surface area contributed by atoms with Crippen LogP contribution in [0.1, 0.15) is 42.3 Å². The Hall–Kier alpha value is -3.55. The molecular weight excluding hydrogens is 368 g/mol. The number of hydrogen-bond acceptors (Lipinski definition) is 8. The minimum atomic E-state index is -0.688. The lowest BCUT2D eigenvalue weighted by Crippen LogP contribution is -2.22. The summed E-state index contributed by atoms with van der Waals surface area (Å²) < 4.78 is 21.2. The fourth-order valence-electron chi connectivity index (χ4n) is 2.96. The Labute approximate surface area is 160 Å². The van der Waals surface area contributed by atoms with Crippen molar-refractivity contribution >= 4 is 17.7 Å². The predicted octanol–water partition coefficient (Wildman–Crippen LogP) is 2.96. The maximum Gasteiger partial charge on any atom is 0.308 e. The van der Waals surface area contributed by atoms with Crippen molar-refractivity contribution in [3.8, 4) is 28.7 Å². The molecule has 2 aromatic rings. The first-order valence-electron chi connectivity index (χ1n) is 8.40. The molecule has 1 unspecified atom stereocenters. The van der Waals surface area contributed by atoms with Crippen molar-refractivity contribution in [2.24, 2.45) is 0 Å². The van der Waals surface area contributed by atoms with Gasteiger partial charge in [-0.1, -0.05) is 6.07 Å². The highest BCUT2D eigenvalue weighted by atomic mass is 16.6. The van der Waals surface area contributed by atoms with Crippen LogP contribution >= 0.6 is 0 Å². The molecule has 0 saturated carbocycles. The zero-order valence-corrected chi connectivity index (χ0v) is 15.5. The van der Waals surface area contributed by atoms with Gasteiger partial charge in [-0.3, -0.25) is 14.4 Å². The van der Waals surface area contributed by atoms with Gasteiger partial charge in [-0.15, -0.1) is 0 Å². The number of carbonyl (C=O) groups excluding carboxylic acids is 3. The first-order chi connectivity index (χ1) is 13.3. The number of phenolic OH excluding ortho intramolecular Hbond substituents is 1. The van der Waals surface area contributed by atoms with E-state index in [0.717, 1.165) is 0 Å². The van der Waals surface area contributed by atoms with Gasteiger partial charge in [-0.25, -0.2) is 0 Å². The van der Waals surface area contributed by atoms with Crippen LogP contribution in [-0.2, 0) is 9.59 Å². The summed E-state index contributed by atoms with van der Waals surface area (Å²) in [6.45, 7) is 2.46. The van der Waals surface area contributed by atoms with Crippen LogP contribution in [0.2, 0.25) is 0 Å². The second-order valence-corrected chi connectivity index (χ2v) is 6.15. The highest BCUT2D eigenvalue weighted by Crippen LogP contribution is 2.43. The molecule has 0 bridgehead atoms. The number of aromatic hydroxyl groups is 1. The minimum absolute atomic E-state index is 0.0299. The van der Waals surface area contributed by atoms with Crippen LogP contribution in [0.4, 0.5) is 0 Å². The van der Waals surface area contributed by atoms with E-state index in [4.69, 9.17) is 18.9 Å². The van der Waals surface area contributed by atoms with Crippen molar-refractivity contribution in [1.82, 2.24) is 0 Å². The summed E-state index contributed by atoms with van der Waals surface area (Å²) >= 11 is 0. The van der Waals surface area contributed by atoms with Crippen LogP contribution in [-0.4, -0.2) is 29.9 Å². The monoisotopic (exact) mass is 386 g/mol. The maximum atomic E-state index is 12.7. The number of carbonyl (C=O) groups is 3. The third kappa shape index (κ3) is 3.90. The Balaban J connectivity index is 1.98. The lowest BCUT2D eigenvalue weighted by molar-refractivity contribution is -0.132. The molecule has 1 heterocycles. The van der Waals surface area contributed by atoms with E-state index in [0.29, 0.717) is 11.3 Å². The van der Waals surface area contributed by atoms with Gasteiger partial charge in [0, 0.05) is 26.0 Å². The molecule has 0 radical (unpaired) electrons. The summed E-state index contributed by atoms with van der Waals surface area (Å²) in [7, 11) is 1.44. The van der Waals surface area contributed by atoms with Gasteiger partial charge in [0.05, 0.1) is 13.5 Å². The summed E-state index contributed by atoms with van der Waals surface area (Å²) in [6, 6.07) is 7.31. The molecule has 2 aromatic carbocycles. The van der Waals surface area contributed by atoms with E-state index >= 15 is 0 Å². The summed E-state index contributed by atoms with van der Waals surface area (Å²) in [6.07, 6.45) is -0.718. The summed E-state index contributed by atoms with van der Waals surface area (Å²) in [4.78, 5) is 35.3. The maximum absolute atomic E-state index is 12.7. The van der Waals surface area contributed by atoms with E-state index in [9.17, 15) is 19.5 Å². The molecule has 3 rings (SSSR count). The molecule has 0 saturated heterocycles. The molecule has 0 amide bonds. The van der Waals surface area contributed by atoms with Crippen molar-refractivity contribution in [1.29, 1.82) is 0 Å². The van der Waals surface area contributed by atoms with Gasteiger partial charge in [0.25, 0.3) is 0 Å². The van der Waals surface area contributed by atoms with Crippen LogP contribution < -0.4 is 18.9 Å². The Kier molecular flexibility index (Phi) is 5.21. The first-order valence-corrected chi connectivity index (χ1v) is 8.40. The van der Waals surface area contributed by atoms with Gasteiger partial charge < -0.3 is 24.1 Å². The summed E-state index contributed by atoms with van der Waals surface area (Å²) in [5.74, 6) is -1.06. The second-order valence-electron chi connectivity index (χ2n) is 6.15. The molecule has 0 aliphatic carbocycles. The first kappa shape index (κ1) is 19.2. The zero-order valence-electron chi connectivity index (χ0n) is 15.5. The number of ether oxygens (including phenoxy) is 4. The smallest absolute Gasteiger partial charge is 0.308 e. The van der Waals surface area contributed by atoms with Gasteiger partial charge in [0.15, 0.2) is 17.3 Å². The Morgan fingerprint density at radius 2 is 1.71 bits per heavy atom. The number of esters is 2. The number of benzene rings is 2. The van der Waals surface area contributed by atoms with Crippen molar-refractivity contribution in [2.75, 3.05) is 7.11 Å². The van der Waals surface area contributed by atoms with E-state index in [2.05, 4.69) is 0 Å². The van der Waals surface area contributed by atoms with E-state index in [1.54, 1.807) is 18.2 Å². The highest BCUT2D eigenvalue weighted by molar-refractivity contribution is 6.03. The average molecular weight is 386 g/mol. The molecule has 1 N–H and O–H groups in total. The topological polar surface area (TPSA) is 108 Å². The molecule has 146 valence electrons. The van der Waals surface area contributed by atoms with Gasteiger partial charge in [-0.2, -0.15) is 0 Å². The van der Waals surface area contributed by atoms with Gasteiger partial charge >= 0.3 is 11.9 Å². The molecule has 0 fully saturated rings. The lowest BCUT2D eigenvalue weighted by atomic mass is 9.95. The van der Waals surface area contributed by atoms with E-state index in [-0.39, 0.29) is 40.8 Å². The van der Waals surface area contributed by atoms with Crippen LogP contribution in [0, 0.1) is 0 Å². The standard InChI is InChI=1S/C20H18O8/c1-10(21)26-17-6-12(4-5-15(17)25-3)16-9-14(24)20-18(27-11(2)22)7-13(23)8-19(20)28-16/h4-8,16,23H,9H2,1-3H3. The summed E-state index contributed by atoms with van der Waals surface area (Å²) in [5.41, 5.74) is 0.673. The van der Waals surface area contributed by atoms with Crippen LogP contribution in [0.3, 0.4) is 0 Å². The Morgan fingerprint density at radius 3 is 2.36 bits per heavy atom. The Morgan fingerprint density at radius 1 is 1.04 bits per heavy atom. The highest BCUT2D eigenvalue weighted by Gasteiger charge is 2.32. The van der Waals surface area contributed by atoms with Crippen LogP contribution in [0.5, 0.6) is 28.7 Å². The number of hydrogen-bond donors (Lipinski definition) is 1. The SMILES string of the molecule is COc1ccc(C2CC(=O)c3c(OC(C)=O)cc(O)cc3O2)cc1OC(C)=O. The van der Waals surface area contributed by atoms with Crippen molar-refractivity contribution in [3.63, 3.8) is 0 Å². The molecule has 0 aromatic heterocycles. The van der Waals surface area contributed by atoms with E-state index in [1.165, 1.54) is 33.1 Å². The average Bonchev–Trinajstić information content (AvgIpc) is 2.59. The third-order valence-electron chi connectivity index (χ3n) is 4.04. The normalized spacial score (nSPS) is 15.2. The number of rotatable bonds is 4. The molecule has 1 aliphatic rings. The quantitative estimate of drug-likeness (QED) is 0.631. The molecule has 1 atom stereocenters. The second kappa shape index (κ2) is 7.59.